The van der Waals surface area contributed by atoms with Crippen molar-refractivity contribution in [1.29, 1.82) is 0 Å². The van der Waals surface area contributed by atoms with Crippen LogP contribution >= 0.6 is 22.6 Å². The van der Waals surface area contributed by atoms with Crippen LogP contribution in [0.4, 0.5) is 0 Å². The average Bonchev–Trinajstić information content (AvgIpc) is 2.25. The lowest BCUT2D eigenvalue weighted by molar-refractivity contribution is -0.192. The van der Waals surface area contributed by atoms with Gasteiger partial charge in [-0.2, -0.15) is 0 Å². The second-order valence-electron chi connectivity index (χ2n) is 8.05. The predicted molar refractivity (Wildman–Crippen MR) is 91.0 cm³/mol. The maximum atomic E-state index is 11.5. The molecular formula is C17H29IO2. The van der Waals surface area contributed by atoms with Gasteiger partial charge in [-0.05, 0) is 49.4 Å². The molecule has 2 rings (SSSR count). The summed E-state index contributed by atoms with van der Waals surface area (Å²) < 4.78 is 6.89. The fraction of sp³-hybridized carbons (Fsp3) is 0.941. The maximum absolute atomic E-state index is 11.5. The first-order valence-corrected chi connectivity index (χ1v) is 9.44. The van der Waals surface area contributed by atoms with Gasteiger partial charge in [0.2, 0.25) is 0 Å². The summed E-state index contributed by atoms with van der Waals surface area (Å²) in [7, 11) is 0. The minimum Gasteiger partial charge on any atom is -0.459 e. The van der Waals surface area contributed by atoms with E-state index in [1.807, 2.05) is 0 Å². The second kappa shape index (κ2) is 5.44. The Labute approximate surface area is 137 Å². The van der Waals surface area contributed by atoms with E-state index in [2.05, 4.69) is 50.3 Å². The van der Waals surface area contributed by atoms with Crippen LogP contribution in [0.5, 0.6) is 0 Å². The number of halogens is 1. The molecule has 0 amide bonds. The lowest BCUT2D eigenvalue weighted by Gasteiger charge is -2.61. The van der Waals surface area contributed by atoms with Crippen LogP contribution in [0.25, 0.3) is 0 Å². The van der Waals surface area contributed by atoms with Crippen molar-refractivity contribution in [2.75, 3.05) is 4.43 Å². The lowest BCUT2D eigenvalue weighted by atomic mass is 9.46. The molecule has 2 fully saturated rings. The Kier molecular flexibility index (Phi) is 4.50. The fourth-order valence-electron chi connectivity index (χ4n) is 5.40. The Balaban J connectivity index is 2.36. The molecule has 0 saturated heterocycles. The van der Waals surface area contributed by atoms with Crippen molar-refractivity contribution < 1.29 is 9.53 Å². The van der Waals surface area contributed by atoms with E-state index in [1.54, 1.807) is 6.92 Å². The molecule has 0 bridgehead atoms. The summed E-state index contributed by atoms with van der Waals surface area (Å²) in [5, 5.41) is 0. The number of hydrogen-bond acceptors (Lipinski definition) is 2. The molecule has 2 nitrogen and oxygen atoms in total. The molecule has 2 saturated carbocycles. The van der Waals surface area contributed by atoms with Gasteiger partial charge >= 0.3 is 5.97 Å². The van der Waals surface area contributed by atoms with Crippen molar-refractivity contribution in [3.05, 3.63) is 0 Å². The Morgan fingerprint density at radius 2 is 1.85 bits per heavy atom. The van der Waals surface area contributed by atoms with E-state index in [4.69, 9.17) is 4.74 Å². The van der Waals surface area contributed by atoms with E-state index in [-0.39, 0.29) is 11.6 Å². The SMILES string of the molecule is CC(=O)O[C@]1(C)CC[C@H]2C(C)(C)CCC[C@]2(C)[C@H]1CI. The molecule has 20 heavy (non-hydrogen) atoms. The number of carbonyl (C=O) groups excluding carboxylic acids is 1. The van der Waals surface area contributed by atoms with Gasteiger partial charge in [-0.3, -0.25) is 4.79 Å². The number of alkyl halides is 1. The Hall–Kier alpha value is 0.200. The van der Waals surface area contributed by atoms with E-state index >= 15 is 0 Å². The summed E-state index contributed by atoms with van der Waals surface area (Å²) in [6, 6.07) is 0. The summed E-state index contributed by atoms with van der Waals surface area (Å²) >= 11 is 2.50. The molecule has 0 radical (unpaired) electrons. The van der Waals surface area contributed by atoms with Crippen molar-refractivity contribution >= 4 is 28.6 Å². The summed E-state index contributed by atoms with van der Waals surface area (Å²) in [5.74, 6) is 1.10. The molecule has 0 aromatic heterocycles. The van der Waals surface area contributed by atoms with Gasteiger partial charge in [0.25, 0.3) is 0 Å². The quantitative estimate of drug-likeness (QED) is 0.376. The van der Waals surface area contributed by atoms with Crippen LogP contribution in [0.2, 0.25) is 0 Å². The van der Waals surface area contributed by atoms with Crippen LogP contribution in [-0.2, 0) is 9.53 Å². The lowest BCUT2D eigenvalue weighted by Crippen LogP contribution is -2.59. The summed E-state index contributed by atoms with van der Waals surface area (Å²) in [6.45, 7) is 11.1. The summed E-state index contributed by atoms with van der Waals surface area (Å²) in [5.41, 5.74) is 0.464. The first-order chi connectivity index (χ1) is 9.16. The number of ether oxygens (including phenoxy) is 1. The Bertz CT molecular complexity index is 392. The third-order valence-electron chi connectivity index (χ3n) is 6.27. The summed E-state index contributed by atoms with van der Waals surface area (Å²) in [4.78, 5) is 11.5. The number of carbonyl (C=O) groups is 1. The summed E-state index contributed by atoms with van der Waals surface area (Å²) in [6.07, 6.45) is 6.14. The first-order valence-electron chi connectivity index (χ1n) is 7.91. The number of fused-ring (bicyclic) bond motifs is 1. The molecule has 0 N–H and O–H groups in total. The molecular weight excluding hydrogens is 363 g/mol. The van der Waals surface area contributed by atoms with Crippen LogP contribution < -0.4 is 0 Å². The number of esters is 1. The highest BCUT2D eigenvalue weighted by atomic mass is 127. The predicted octanol–water partition coefficient (Wildman–Crippen LogP) is 4.99. The molecule has 0 aliphatic heterocycles. The van der Waals surface area contributed by atoms with Crippen molar-refractivity contribution in [3.8, 4) is 0 Å². The highest BCUT2D eigenvalue weighted by molar-refractivity contribution is 14.1. The van der Waals surface area contributed by atoms with Crippen molar-refractivity contribution in [3.63, 3.8) is 0 Å². The van der Waals surface area contributed by atoms with Gasteiger partial charge in [0.05, 0.1) is 0 Å². The highest BCUT2D eigenvalue weighted by Gasteiger charge is 2.59. The van der Waals surface area contributed by atoms with E-state index in [9.17, 15) is 4.79 Å². The molecule has 0 heterocycles. The van der Waals surface area contributed by atoms with Crippen LogP contribution in [0.1, 0.15) is 66.7 Å². The molecule has 0 spiro atoms. The van der Waals surface area contributed by atoms with Crippen LogP contribution in [0.3, 0.4) is 0 Å². The van der Waals surface area contributed by atoms with Gasteiger partial charge in [0.1, 0.15) is 5.60 Å². The first kappa shape index (κ1) is 16.6. The zero-order chi connectivity index (χ0) is 15.2. The smallest absolute Gasteiger partial charge is 0.303 e. The third-order valence-corrected chi connectivity index (χ3v) is 7.15. The molecule has 2 aliphatic carbocycles. The van der Waals surface area contributed by atoms with Gasteiger partial charge in [-0.25, -0.2) is 0 Å². The molecule has 4 atom stereocenters. The third kappa shape index (κ3) is 2.64. The van der Waals surface area contributed by atoms with E-state index in [0.29, 0.717) is 16.7 Å². The largest absolute Gasteiger partial charge is 0.459 e. The number of rotatable bonds is 2. The standard InChI is InChI=1S/C17H29IO2/c1-12(19)20-17(5)10-7-13-15(2,3)8-6-9-16(13,4)14(17)11-18/h13-14H,6-11H2,1-5H3/t13-,14+,16-,17+/m0/s1. The fourth-order valence-corrected chi connectivity index (χ4v) is 7.33. The second-order valence-corrected chi connectivity index (χ2v) is 8.93. The van der Waals surface area contributed by atoms with Crippen molar-refractivity contribution in [2.45, 2.75) is 72.3 Å². The number of hydrogen-bond donors (Lipinski definition) is 0. The topological polar surface area (TPSA) is 26.3 Å². The average molecular weight is 392 g/mol. The molecule has 2 aliphatic rings. The van der Waals surface area contributed by atoms with Crippen molar-refractivity contribution in [2.24, 2.45) is 22.7 Å². The maximum Gasteiger partial charge on any atom is 0.303 e. The normalized spacial score (nSPS) is 43.7. The minimum absolute atomic E-state index is 0.125. The zero-order valence-electron chi connectivity index (χ0n) is 13.6. The highest BCUT2D eigenvalue weighted by Crippen LogP contribution is 2.62. The van der Waals surface area contributed by atoms with E-state index < -0.39 is 0 Å². The van der Waals surface area contributed by atoms with Crippen LogP contribution in [0.15, 0.2) is 0 Å². The van der Waals surface area contributed by atoms with Gasteiger partial charge < -0.3 is 4.74 Å². The van der Waals surface area contributed by atoms with E-state index in [0.717, 1.165) is 16.8 Å². The molecule has 0 unspecified atom stereocenters. The molecule has 3 heteroatoms. The van der Waals surface area contributed by atoms with Gasteiger partial charge in [0.15, 0.2) is 0 Å². The van der Waals surface area contributed by atoms with Gasteiger partial charge in [0, 0.05) is 17.3 Å². The minimum atomic E-state index is -0.272. The van der Waals surface area contributed by atoms with Gasteiger partial charge in [-0.1, -0.05) is 49.8 Å². The van der Waals surface area contributed by atoms with Crippen molar-refractivity contribution in [1.82, 2.24) is 0 Å². The zero-order valence-corrected chi connectivity index (χ0v) is 15.7. The van der Waals surface area contributed by atoms with E-state index in [1.165, 1.54) is 25.7 Å². The molecule has 0 aromatic carbocycles. The Morgan fingerprint density at radius 3 is 2.40 bits per heavy atom. The monoisotopic (exact) mass is 392 g/mol. The van der Waals surface area contributed by atoms with Gasteiger partial charge in [-0.15, -0.1) is 0 Å². The molecule has 0 aromatic rings. The molecule has 116 valence electrons. The van der Waals surface area contributed by atoms with Crippen LogP contribution in [-0.4, -0.2) is 16.0 Å². The van der Waals surface area contributed by atoms with Crippen LogP contribution in [0, 0.1) is 22.7 Å². The Morgan fingerprint density at radius 1 is 1.20 bits per heavy atom.